The minimum Gasteiger partial charge on any atom is -0.381 e. The highest BCUT2D eigenvalue weighted by Crippen LogP contribution is 2.58. The first-order chi connectivity index (χ1) is 16.8. The predicted molar refractivity (Wildman–Crippen MR) is 156 cm³/mol. The maximum atomic E-state index is 4.18. The fourth-order valence-corrected chi connectivity index (χ4v) is 17.8. The Morgan fingerprint density at radius 2 is 1.12 bits per heavy atom. The summed E-state index contributed by atoms with van der Waals surface area (Å²) in [5.74, 6) is 0.671. The van der Waals surface area contributed by atoms with Crippen molar-refractivity contribution in [3.8, 4) is 0 Å². The summed E-state index contributed by atoms with van der Waals surface area (Å²) in [7, 11) is -1.39. The molecule has 3 unspecified atom stereocenters. The predicted octanol–water partition coefficient (Wildman–Crippen LogP) is 2.75. The van der Waals surface area contributed by atoms with Gasteiger partial charge in [-0.1, -0.05) is 131 Å². The van der Waals surface area contributed by atoms with Crippen molar-refractivity contribution in [3.05, 3.63) is 121 Å². The highest BCUT2D eigenvalue weighted by atomic mass is 28.3. The molecule has 1 aliphatic carbocycles. The summed E-state index contributed by atoms with van der Waals surface area (Å²) < 4.78 is 0.465. The van der Waals surface area contributed by atoms with E-state index >= 15 is 0 Å². The monoisotopic (exact) mass is 491 g/mol. The Hall–Kier alpha value is -2.67. The smallest absolute Gasteiger partial charge is 0.0603 e. The number of benzene rings is 4. The molecule has 6 rings (SSSR count). The lowest BCUT2D eigenvalue weighted by molar-refractivity contribution is 0.388. The second-order valence-corrected chi connectivity index (χ2v) is 18.5. The van der Waals surface area contributed by atoms with Crippen molar-refractivity contribution in [3.63, 3.8) is 0 Å². The second-order valence-electron chi connectivity index (χ2n) is 10.3. The van der Waals surface area contributed by atoms with Gasteiger partial charge in [-0.15, -0.1) is 0 Å². The minimum atomic E-state index is -0.503. The van der Waals surface area contributed by atoms with Crippen LogP contribution < -0.4 is 20.9 Å². The van der Waals surface area contributed by atoms with E-state index in [4.69, 9.17) is 0 Å². The van der Waals surface area contributed by atoms with Crippen molar-refractivity contribution in [2.45, 2.75) is 35.0 Å². The van der Waals surface area contributed by atoms with E-state index in [1.165, 1.54) is 18.5 Å². The van der Waals surface area contributed by atoms with Crippen LogP contribution in [0.5, 0.6) is 0 Å². The summed E-state index contributed by atoms with van der Waals surface area (Å²) >= 11 is 0. The molecule has 1 aliphatic heterocycles. The fourth-order valence-electron chi connectivity index (χ4n) is 6.91. The SMILES string of the molecule is c1ccc([SiH2]C2CCC3c4ccccc4NC3C2([SiH2]c2ccccc2)[SiH2]c2ccccc2)cc1. The molecule has 34 heavy (non-hydrogen) atoms. The van der Waals surface area contributed by atoms with Gasteiger partial charge in [0.05, 0.1) is 28.6 Å². The van der Waals surface area contributed by atoms with Gasteiger partial charge in [-0.3, -0.25) is 0 Å². The lowest BCUT2D eigenvalue weighted by atomic mass is 9.81. The maximum absolute atomic E-state index is 4.18. The highest BCUT2D eigenvalue weighted by Gasteiger charge is 2.54. The van der Waals surface area contributed by atoms with Gasteiger partial charge in [0.15, 0.2) is 0 Å². The number of anilines is 1. The molecule has 0 aromatic heterocycles. The third-order valence-corrected chi connectivity index (χ3v) is 18.8. The Bertz CT molecular complexity index is 1190. The van der Waals surface area contributed by atoms with Crippen LogP contribution in [0.15, 0.2) is 115 Å². The molecule has 0 bridgehead atoms. The van der Waals surface area contributed by atoms with E-state index in [-0.39, 0.29) is 9.52 Å². The first kappa shape index (κ1) is 21.8. The van der Waals surface area contributed by atoms with Crippen LogP contribution in [0.25, 0.3) is 0 Å². The van der Waals surface area contributed by atoms with Crippen LogP contribution in [0.1, 0.15) is 24.3 Å². The number of fused-ring (bicyclic) bond motifs is 3. The molecule has 3 atom stereocenters. The number of para-hydroxylation sites is 1. The summed E-state index contributed by atoms with van der Waals surface area (Å²) in [6.45, 7) is 0. The topological polar surface area (TPSA) is 12.0 Å². The van der Waals surface area contributed by atoms with Gasteiger partial charge in [0.1, 0.15) is 0 Å². The van der Waals surface area contributed by atoms with Crippen LogP contribution in [-0.2, 0) is 0 Å². The Morgan fingerprint density at radius 3 is 1.74 bits per heavy atom. The zero-order valence-corrected chi connectivity index (χ0v) is 24.0. The average molecular weight is 492 g/mol. The van der Waals surface area contributed by atoms with E-state index in [9.17, 15) is 0 Å². The molecule has 0 radical (unpaired) electrons. The highest BCUT2D eigenvalue weighted by molar-refractivity contribution is 6.79. The Kier molecular flexibility index (Phi) is 6.12. The quantitative estimate of drug-likeness (QED) is 0.409. The normalized spacial score (nSPS) is 26.3. The Balaban J connectivity index is 1.48. The fraction of sp³-hybridized carbons (Fsp3) is 0.200. The average Bonchev–Trinajstić information content (AvgIpc) is 3.28. The van der Waals surface area contributed by atoms with Crippen molar-refractivity contribution in [2.24, 2.45) is 0 Å². The maximum Gasteiger partial charge on any atom is 0.0603 e. The first-order valence-electron chi connectivity index (χ1n) is 12.8. The lowest BCUT2D eigenvalue weighted by Crippen LogP contribution is -2.57. The summed E-state index contributed by atoms with van der Waals surface area (Å²) in [5.41, 5.74) is 3.87. The van der Waals surface area contributed by atoms with Crippen molar-refractivity contribution in [1.29, 1.82) is 0 Å². The van der Waals surface area contributed by atoms with Gasteiger partial charge in [0.2, 0.25) is 0 Å². The third-order valence-electron chi connectivity index (χ3n) is 8.41. The number of nitrogens with one attached hydrogen (secondary N) is 1. The molecule has 1 saturated carbocycles. The van der Waals surface area contributed by atoms with Crippen molar-refractivity contribution in [2.75, 3.05) is 5.32 Å². The van der Waals surface area contributed by atoms with Gasteiger partial charge in [-0.25, -0.2) is 0 Å². The van der Waals surface area contributed by atoms with Gasteiger partial charge < -0.3 is 5.32 Å². The van der Waals surface area contributed by atoms with E-state index in [1.54, 1.807) is 21.1 Å². The summed E-state index contributed by atoms with van der Waals surface area (Å²) in [4.78, 5) is 0. The van der Waals surface area contributed by atoms with Crippen molar-refractivity contribution >= 4 is 49.8 Å². The minimum absolute atomic E-state index is 0.385. The molecule has 170 valence electrons. The van der Waals surface area contributed by atoms with Crippen LogP contribution in [0.3, 0.4) is 0 Å². The standard InChI is InChI=1S/C30H33NSi3/c1-4-12-22(13-5-1)32-28-21-20-26-25-18-10-11-19-27(25)31-29(26)30(28,33-23-14-6-2-7-15-23)34-24-16-8-3-9-17-24/h1-19,26,28-29,31H,20-21,32-34H2. The van der Waals surface area contributed by atoms with Crippen LogP contribution >= 0.6 is 0 Å². The molecule has 4 aromatic rings. The zero-order chi connectivity index (χ0) is 22.8. The summed E-state index contributed by atoms with van der Waals surface area (Å²) in [5, 5.41) is 9.12. The molecule has 1 fully saturated rings. The molecule has 0 amide bonds. The number of hydrogen-bond acceptors (Lipinski definition) is 1. The molecular weight excluding hydrogens is 459 g/mol. The van der Waals surface area contributed by atoms with Crippen LogP contribution in [-0.4, -0.2) is 34.6 Å². The van der Waals surface area contributed by atoms with Gasteiger partial charge in [0.25, 0.3) is 0 Å². The molecule has 1 N–H and O–H groups in total. The molecular formula is C30H33NSi3. The van der Waals surface area contributed by atoms with Crippen molar-refractivity contribution in [1.82, 2.24) is 0 Å². The molecule has 1 nitrogen and oxygen atoms in total. The Morgan fingerprint density at radius 1 is 0.588 bits per heavy atom. The van der Waals surface area contributed by atoms with Gasteiger partial charge in [0, 0.05) is 17.6 Å². The largest absolute Gasteiger partial charge is 0.381 e. The number of hydrogen-bond donors (Lipinski definition) is 1. The van der Waals surface area contributed by atoms with Crippen molar-refractivity contribution < 1.29 is 0 Å². The summed E-state index contributed by atoms with van der Waals surface area (Å²) in [6, 6.07) is 44.4. The lowest BCUT2D eigenvalue weighted by Gasteiger charge is -2.52. The number of rotatable bonds is 6. The van der Waals surface area contributed by atoms with Crippen LogP contribution in [0.2, 0.25) is 10.2 Å². The van der Waals surface area contributed by atoms with E-state index in [2.05, 4.69) is 121 Å². The van der Waals surface area contributed by atoms with E-state index in [1.807, 2.05) is 0 Å². The molecule has 0 spiro atoms. The molecule has 0 saturated heterocycles. The van der Waals surface area contributed by atoms with E-state index in [0.29, 0.717) is 16.6 Å². The first-order valence-corrected chi connectivity index (χ1v) is 17.1. The van der Waals surface area contributed by atoms with Crippen LogP contribution in [0, 0.1) is 0 Å². The summed E-state index contributed by atoms with van der Waals surface area (Å²) in [6.07, 6.45) is 2.74. The molecule has 1 heterocycles. The molecule has 2 aliphatic rings. The van der Waals surface area contributed by atoms with E-state index < -0.39 is 19.0 Å². The third kappa shape index (κ3) is 4.15. The van der Waals surface area contributed by atoms with Gasteiger partial charge in [-0.05, 0) is 28.3 Å². The van der Waals surface area contributed by atoms with Gasteiger partial charge >= 0.3 is 0 Å². The second kappa shape index (κ2) is 9.53. The molecule has 4 heteroatoms. The zero-order valence-electron chi connectivity index (χ0n) is 19.7. The molecule has 4 aromatic carbocycles. The van der Waals surface area contributed by atoms with Gasteiger partial charge in [-0.2, -0.15) is 0 Å². The Labute approximate surface area is 210 Å². The van der Waals surface area contributed by atoms with E-state index in [0.717, 1.165) is 5.54 Å². The van der Waals surface area contributed by atoms with Crippen LogP contribution in [0.4, 0.5) is 5.69 Å².